The number of fused-ring (bicyclic) bond motifs is 3. The molecule has 36 heavy (non-hydrogen) atoms. The third-order valence-electron chi connectivity index (χ3n) is 5.89. The lowest BCUT2D eigenvalue weighted by atomic mass is 10.1. The van der Waals surface area contributed by atoms with Crippen molar-refractivity contribution in [1.82, 2.24) is 14.0 Å². The van der Waals surface area contributed by atoms with Gasteiger partial charge in [0.2, 0.25) is 11.7 Å². The van der Waals surface area contributed by atoms with E-state index in [2.05, 4.69) is 5.32 Å². The number of imidazole rings is 1. The number of hydrogen-bond donors (Lipinski definition) is 1. The number of amides is 1. The summed E-state index contributed by atoms with van der Waals surface area (Å²) >= 11 is 0. The second-order valence-corrected chi connectivity index (χ2v) is 8.04. The van der Waals surface area contributed by atoms with Gasteiger partial charge in [0, 0.05) is 23.4 Å². The molecule has 1 amide bonds. The number of benzene rings is 3. The Hall–Kier alpha value is -4.79. The second kappa shape index (κ2) is 9.46. The minimum atomic E-state index is -0.286. The molecule has 3 aromatic carbocycles. The number of hydrogen-bond acceptors (Lipinski definition) is 6. The van der Waals surface area contributed by atoms with Crippen molar-refractivity contribution < 1.29 is 19.0 Å². The molecule has 0 spiro atoms. The van der Waals surface area contributed by atoms with Gasteiger partial charge >= 0.3 is 0 Å². The first kappa shape index (κ1) is 23.0. The van der Waals surface area contributed by atoms with Gasteiger partial charge in [-0.2, -0.15) is 0 Å². The molecule has 1 N–H and O–H groups in total. The molecule has 0 saturated carbocycles. The van der Waals surface area contributed by atoms with Crippen LogP contribution in [0.2, 0.25) is 0 Å². The van der Waals surface area contributed by atoms with Crippen LogP contribution >= 0.6 is 0 Å². The summed E-state index contributed by atoms with van der Waals surface area (Å²) < 4.78 is 19.2. The summed E-state index contributed by atoms with van der Waals surface area (Å²) in [5.41, 5.74) is 2.92. The van der Waals surface area contributed by atoms with Crippen molar-refractivity contribution in [3.05, 3.63) is 83.2 Å². The van der Waals surface area contributed by atoms with Gasteiger partial charge < -0.3 is 24.1 Å². The standard InChI is InChI=1S/C27H24N4O5/c1-34-19-8-6-7-17(13-19)20-15-26(33)31-22-10-5-4-9-21(22)30(27(31)29-20)16-25(32)28-18-11-12-23(35-2)24(14-18)36-3/h4-15H,16H2,1-3H3,(H,28,32). The molecule has 0 fully saturated rings. The van der Waals surface area contributed by atoms with Crippen molar-refractivity contribution in [2.24, 2.45) is 0 Å². The maximum Gasteiger partial charge on any atom is 0.260 e. The minimum absolute atomic E-state index is 0.0562. The van der Waals surface area contributed by atoms with Crippen molar-refractivity contribution in [2.45, 2.75) is 6.54 Å². The monoisotopic (exact) mass is 484 g/mol. The molecule has 0 saturated heterocycles. The van der Waals surface area contributed by atoms with Crippen LogP contribution in [0.1, 0.15) is 0 Å². The molecule has 0 atom stereocenters. The van der Waals surface area contributed by atoms with Crippen LogP contribution < -0.4 is 25.1 Å². The van der Waals surface area contributed by atoms with Crippen LogP contribution in [0.3, 0.4) is 0 Å². The Morgan fingerprint density at radius 2 is 1.64 bits per heavy atom. The highest BCUT2D eigenvalue weighted by molar-refractivity contribution is 5.93. The molecule has 0 aliphatic heterocycles. The van der Waals surface area contributed by atoms with E-state index in [1.165, 1.54) is 17.6 Å². The first-order chi connectivity index (χ1) is 17.5. The SMILES string of the molecule is COc1cccc(-c2cc(=O)n3c4ccccc4n(CC(=O)Nc4ccc(OC)c(OC)c4)c3n2)c1. The quantitative estimate of drug-likeness (QED) is 0.375. The summed E-state index contributed by atoms with van der Waals surface area (Å²) in [5.74, 6) is 1.80. The van der Waals surface area contributed by atoms with Gasteiger partial charge in [0.05, 0.1) is 38.1 Å². The van der Waals surface area contributed by atoms with Gasteiger partial charge in [0.25, 0.3) is 5.56 Å². The maximum atomic E-state index is 13.2. The van der Waals surface area contributed by atoms with Crippen LogP contribution in [0.15, 0.2) is 77.6 Å². The summed E-state index contributed by atoms with van der Waals surface area (Å²) in [5, 5.41) is 2.88. The summed E-state index contributed by atoms with van der Waals surface area (Å²) in [6.07, 6.45) is 0. The maximum absolute atomic E-state index is 13.2. The molecular formula is C27H24N4O5. The van der Waals surface area contributed by atoms with Gasteiger partial charge in [-0.05, 0) is 36.4 Å². The molecule has 182 valence electrons. The van der Waals surface area contributed by atoms with Crippen molar-refractivity contribution in [1.29, 1.82) is 0 Å². The first-order valence-corrected chi connectivity index (χ1v) is 11.2. The van der Waals surface area contributed by atoms with Crippen molar-refractivity contribution in [3.8, 4) is 28.5 Å². The number of nitrogens with zero attached hydrogens (tertiary/aromatic N) is 3. The molecule has 2 aromatic heterocycles. The average Bonchev–Trinajstić information content (AvgIpc) is 3.22. The number of aromatic nitrogens is 3. The third kappa shape index (κ3) is 4.11. The Labute approximate surface area is 206 Å². The van der Waals surface area contributed by atoms with E-state index in [1.54, 1.807) is 37.0 Å². The Morgan fingerprint density at radius 3 is 2.39 bits per heavy atom. The fraction of sp³-hybridized carbons (Fsp3) is 0.148. The predicted octanol–water partition coefficient (Wildman–Crippen LogP) is 3.98. The number of para-hydroxylation sites is 2. The van der Waals surface area contributed by atoms with Crippen LogP contribution in [0.4, 0.5) is 5.69 Å². The molecule has 0 aliphatic carbocycles. The van der Waals surface area contributed by atoms with Crippen LogP contribution in [0.5, 0.6) is 17.2 Å². The smallest absolute Gasteiger partial charge is 0.260 e. The molecular weight excluding hydrogens is 460 g/mol. The number of carbonyl (C=O) groups is 1. The highest BCUT2D eigenvalue weighted by Crippen LogP contribution is 2.30. The molecule has 0 unspecified atom stereocenters. The van der Waals surface area contributed by atoms with Gasteiger partial charge in [0.1, 0.15) is 12.3 Å². The van der Waals surface area contributed by atoms with Gasteiger partial charge in [0.15, 0.2) is 11.5 Å². The van der Waals surface area contributed by atoms with Gasteiger partial charge in [-0.25, -0.2) is 9.38 Å². The fourth-order valence-electron chi connectivity index (χ4n) is 4.21. The number of methoxy groups -OCH3 is 3. The lowest BCUT2D eigenvalue weighted by molar-refractivity contribution is -0.116. The van der Waals surface area contributed by atoms with E-state index in [9.17, 15) is 9.59 Å². The first-order valence-electron chi connectivity index (χ1n) is 11.2. The van der Waals surface area contributed by atoms with E-state index in [1.807, 2.05) is 48.5 Å². The lowest BCUT2D eigenvalue weighted by Gasteiger charge is -2.11. The highest BCUT2D eigenvalue weighted by Gasteiger charge is 2.18. The molecule has 5 rings (SSSR count). The Bertz CT molecular complexity index is 1650. The van der Waals surface area contributed by atoms with Crippen LogP contribution in [0.25, 0.3) is 28.1 Å². The number of anilines is 1. The largest absolute Gasteiger partial charge is 0.497 e. The van der Waals surface area contributed by atoms with E-state index in [4.69, 9.17) is 19.2 Å². The molecule has 0 aliphatic rings. The van der Waals surface area contributed by atoms with E-state index >= 15 is 0 Å². The van der Waals surface area contributed by atoms with Gasteiger partial charge in [-0.3, -0.25) is 9.59 Å². The molecule has 9 nitrogen and oxygen atoms in total. The van der Waals surface area contributed by atoms with Crippen molar-refractivity contribution in [2.75, 3.05) is 26.6 Å². The number of rotatable bonds is 7. The van der Waals surface area contributed by atoms with Gasteiger partial charge in [-0.1, -0.05) is 24.3 Å². The Morgan fingerprint density at radius 1 is 0.861 bits per heavy atom. The minimum Gasteiger partial charge on any atom is -0.497 e. The third-order valence-corrected chi connectivity index (χ3v) is 5.89. The number of nitrogens with one attached hydrogen (secondary N) is 1. The Balaban J connectivity index is 1.58. The molecule has 5 aromatic rings. The number of carbonyl (C=O) groups excluding carboxylic acids is 1. The molecule has 0 radical (unpaired) electrons. The van der Waals surface area contributed by atoms with Crippen LogP contribution in [0, 0.1) is 0 Å². The molecule has 0 bridgehead atoms. The number of ether oxygens (including phenoxy) is 3. The van der Waals surface area contributed by atoms with E-state index < -0.39 is 0 Å². The van der Waals surface area contributed by atoms with E-state index in [-0.39, 0.29) is 18.0 Å². The second-order valence-electron chi connectivity index (χ2n) is 8.04. The van der Waals surface area contributed by atoms with E-state index in [0.717, 1.165) is 5.56 Å². The summed E-state index contributed by atoms with van der Waals surface area (Å²) in [6.45, 7) is -0.0562. The summed E-state index contributed by atoms with van der Waals surface area (Å²) in [7, 11) is 4.66. The Kier molecular flexibility index (Phi) is 6.03. The summed E-state index contributed by atoms with van der Waals surface area (Å²) in [4.78, 5) is 31.1. The predicted molar refractivity (Wildman–Crippen MR) is 137 cm³/mol. The summed E-state index contributed by atoms with van der Waals surface area (Å²) in [6, 6.07) is 21.4. The highest BCUT2D eigenvalue weighted by atomic mass is 16.5. The normalized spacial score (nSPS) is 11.0. The lowest BCUT2D eigenvalue weighted by Crippen LogP contribution is -2.20. The zero-order valence-electron chi connectivity index (χ0n) is 20.0. The van der Waals surface area contributed by atoms with Crippen LogP contribution in [-0.4, -0.2) is 41.2 Å². The van der Waals surface area contributed by atoms with Crippen molar-refractivity contribution >= 4 is 28.4 Å². The van der Waals surface area contributed by atoms with Crippen LogP contribution in [-0.2, 0) is 11.3 Å². The zero-order chi connectivity index (χ0) is 25.2. The van der Waals surface area contributed by atoms with E-state index in [0.29, 0.717) is 45.4 Å². The fourth-order valence-corrected chi connectivity index (χ4v) is 4.21. The average molecular weight is 485 g/mol. The molecule has 2 heterocycles. The van der Waals surface area contributed by atoms with Gasteiger partial charge in [-0.15, -0.1) is 0 Å². The van der Waals surface area contributed by atoms with Crippen molar-refractivity contribution in [3.63, 3.8) is 0 Å². The zero-order valence-corrected chi connectivity index (χ0v) is 20.0. The molecule has 9 heteroatoms. The topological polar surface area (TPSA) is 96.1 Å².